The summed E-state index contributed by atoms with van der Waals surface area (Å²) < 4.78 is 0. The van der Waals surface area contributed by atoms with E-state index >= 15 is 0 Å². The van der Waals surface area contributed by atoms with Crippen molar-refractivity contribution in [2.45, 2.75) is 31.7 Å². The molecule has 1 aliphatic rings. The fourth-order valence-corrected chi connectivity index (χ4v) is 3.54. The molecular weight excluding hydrogens is 280 g/mol. The van der Waals surface area contributed by atoms with Crippen LogP contribution in [0.2, 0.25) is 0 Å². The van der Waals surface area contributed by atoms with Crippen LogP contribution in [0.3, 0.4) is 0 Å². The Morgan fingerprint density at radius 2 is 1.48 bits per heavy atom. The minimum atomic E-state index is 0.578. The van der Waals surface area contributed by atoms with Crippen molar-refractivity contribution in [1.29, 1.82) is 0 Å². The van der Waals surface area contributed by atoms with Crippen molar-refractivity contribution in [3.63, 3.8) is 0 Å². The molecule has 1 fully saturated rings. The fourth-order valence-electron chi connectivity index (χ4n) is 3.54. The molecule has 1 atom stereocenters. The van der Waals surface area contributed by atoms with E-state index in [9.17, 15) is 0 Å². The van der Waals surface area contributed by atoms with Crippen LogP contribution < -0.4 is 5.32 Å². The number of nitrogens with one attached hydrogen (secondary N) is 1. The van der Waals surface area contributed by atoms with Crippen LogP contribution >= 0.6 is 0 Å². The van der Waals surface area contributed by atoms with Crippen molar-refractivity contribution in [2.24, 2.45) is 0 Å². The molecule has 1 aliphatic heterocycles. The highest BCUT2D eigenvalue weighted by Gasteiger charge is 2.21. The van der Waals surface area contributed by atoms with Crippen molar-refractivity contribution in [3.8, 4) is 0 Å². The van der Waals surface area contributed by atoms with Gasteiger partial charge in [-0.05, 0) is 30.4 Å². The molecular formula is C21H28N2. The molecule has 3 rings (SSSR count). The van der Waals surface area contributed by atoms with E-state index in [0.29, 0.717) is 6.04 Å². The van der Waals surface area contributed by atoms with Gasteiger partial charge in [0.05, 0.1) is 0 Å². The first-order valence-electron chi connectivity index (χ1n) is 8.97. The second kappa shape index (κ2) is 8.85. The van der Waals surface area contributed by atoms with E-state index < -0.39 is 0 Å². The van der Waals surface area contributed by atoms with Crippen LogP contribution in [-0.4, -0.2) is 31.1 Å². The summed E-state index contributed by atoms with van der Waals surface area (Å²) in [7, 11) is 0. The summed E-state index contributed by atoms with van der Waals surface area (Å²) in [5.41, 5.74) is 2.94. The summed E-state index contributed by atoms with van der Waals surface area (Å²) in [4.78, 5) is 2.66. The van der Waals surface area contributed by atoms with Crippen LogP contribution in [-0.2, 0) is 6.42 Å². The SMILES string of the molecule is c1ccc(CCCCC(c2ccccc2)N2CCNCC2)cc1. The molecule has 0 spiro atoms. The van der Waals surface area contributed by atoms with Gasteiger partial charge in [-0.3, -0.25) is 4.90 Å². The number of unbranched alkanes of at least 4 members (excludes halogenated alkanes) is 1. The molecule has 23 heavy (non-hydrogen) atoms. The zero-order chi connectivity index (χ0) is 15.7. The van der Waals surface area contributed by atoms with E-state index in [2.05, 4.69) is 70.9 Å². The van der Waals surface area contributed by atoms with Crippen LogP contribution in [0.25, 0.3) is 0 Å². The largest absolute Gasteiger partial charge is 0.314 e. The maximum atomic E-state index is 3.47. The Morgan fingerprint density at radius 3 is 2.17 bits per heavy atom. The van der Waals surface area contributed by atoms with Crippen LogP contribution in [0.15, 0.2) is 60.7 Å². The van der Waals surface area contributed by atoms with Gasteiger partial charge in [-0.15, -0.1) is 0 Å². The Labute approximate surface area is 140 Å². The standard InChI is InChI=1S/C21H28N2/c1-3-9-19(10-4-1)11-7-8-14-21(20-12-5-2-6-13-20)23-17-15-22-16-18-23/h1-6,9-10,12-13,21-22H,7-8,11,14-18H2. The Balaban J connectivity index is 1.55. The van der Waals surface area contributed by atoms with Crippen LogP contribution in [0.4, 0.5) is 0 Å². The molecule has 0 aromatic heterocycles. The van der Waals surface area contributed by atoms with Crippen molar-refractivity contribution < 1.29 is 0 Å². The van der Waals surface area contributed by atoms with E-state index in [-0.39, 0.29) is 0 Å². The quantitative estimate of drug-likeness (QED) is 0.776. The topological polar surface area (TPSA) is 15.3 Å². The van der Waals surface area contributed by atoms with Crippen LogP contribution in [0.5, 0.6) is 0 Å². The summed E-state index contributed by atoms with van der Waals surface area (Å²) in [6, 6.07) is 22.5. The van der Waals surface area contributed by atoms with Crippen molar-refractivity contribution >= 4 is 0 Å². The fraction of sp³-hybridized carbons (Fsp3) is 0.429. The Hall–Kier alpha value is -1.64. The molecule has 2 heteroatoms. The highest BCUT2D eigenvalue weighted by molar-refractivity contribution is 5.19. The first-order valence-corrected chi connectivity index (χ1v) is 8.97. The first kappa shape index (κ1) is 16.2. The summed E-state index contributed by atoms with van der Waals surface area (Å²) in [6.07, 6.45) is 5.03. The second-order valence-corrected chi connectivity index (χ2v) is 6.44. The average Bonchev–Trinajstić information content (AvgIpc) is 2.64. The lowest BCUT2D eigenvalue weighted by atomic mass is 9.97. The molecule has 0 bridgehead atoms. The van der Waals surface area contributed by atoms with E-state index in [0.717, 1.165) is 26.2 Å². The highest BCUT2D eigenvalue weighted by Crippen LogP contribution is 2.27. The number of hydrogen-bond donors (Lipinski definition) is 1. The molecule has 1 N–H and O–H groups in total. The predicted molar refractivity (Wildman–Crippen MR) is 97.6 cm³/mol. The molecule has 0 amide bonds. The Morgan fingerprint density at radius 1 is 0.826 bits per heavy atom. The number of hydrogen-bond acceptors (Lipinski definition) is 2. The number of benzene rings is 2. The van der Waals surface area contributed by atoms with Gasteiger partial charge in [0.1, 0.15) is 0 Å². The molecule has 2 aromatic carbocycles. The monoisotopic (exact) mass is 308 g/mol. The summed E-state index contributed by atoms with van der Waals surface area (Å²) in [5, 5.41) is 3.47. The Kier molecular flexibility index (Phi) is 6.25. The molecule has 122 valence electrons. The Bertz CT molecular complexity index is 547. The zero-order valence-electron chi connectivity index (χ0n) is 14.0. The lowest BCUT2D eigenvalue weighted by Crippen LogP contribution is -2.45. The highest BCUT2D eigenvalue weighted by atomic mass is 15.2. The van der Waals surface area contributed by atoms with Gasteiger partial charge in [-0.2, -0.15) is 0 Å². The van der Waals surface area contributed by atoms with Gasteiger partial charge < -0.3 is 5.32 Å². The normalized spacial score (nSPS) is 17.0. The van der Waals surface area contributed by atoms with E-state index in [4.69, 9.17) is 0 Å². The second-order valence-electron chi connectivity index (χ2n) is 6.44. The van der Waals surface area contributed by atoms with Gasteiger partial charge >= 0.3 is 0 Å². The maximum absolute atomic E-state index is 3.47. The third kappa shape index (κ3) is 4.92. The third-order valence-electron chi connectivity index (χ3n) is 4.81. The molecule has 0 radical (unpaired) electrons. The molecule has 0 aliphatic carbocycles. The average molecular weight is 308 g/mol. The molecule has 1 unspecified atom stereocenters. The predicted octanol–water partition coefficient (Wildman–Crippen LogP) is 4.05. The van der Waals surface area contributed by atoms with Crippen LogP contribution in [0.1, 0.15) is 36.4 Å². The van der Waals surface area contributed by atoms with Gasteiger partial charge in [0, 0.05) is 32.2 Å². The summed E-state index contributed by atoms with van der Waals surface area (Å²) in [5.74, 6) is 0. The maximum Gasteiger partial charge on any atom is 0.0349 e. The van der Waals surface area contributed by atoms with Crippen molar-refractivity contribution in [2.75, 3.05) is 26.2 Å². The lowest BCUT2D eigenvalue weighted by Gasteiger charge is -2.35. The smallest absolute Gasteiger partial charge is 0.0349 e. The van der Waals surface area contributed by atoms with E-state index in [1.165, 1.54) is 36.8 Å². The summed E-state index contributed by atoms with van der Waals surface area (Å²) in [6.45, 7) is 4.57. The van der Waals surface area contributed by atoms with Crippen molar-refractivity contribution in [3.05, 3.63) is 71.8 Å². The molecule has 2 nitrogen and oxygen atoms in total. The van der Waals surface area contributed by atoms with Gasteiger partial charge in [-0.25, -0.2) is 0 Å². The molecule has 1 saturated heterocycles. The van der Waals surface area contributed by atoms with E-state index in [1.807, 2.05) is 0 Å². The molecule has 1 heterocycles. The lowest BCUT2D eigenvalue weighted by molar-refractivity contribution is 0.163. The van der Waals surface area contributed by atoms with Gasteiger partial charge in [-0.1, -0.05) is 67.1 Å². The number of aryl methyl sites for hydroxylation is 1. The molecule has 2 aromatic rings. The van der Waals surface area contributed by atoms with Gasteiger partial charge in [0.25, 0.3) is 0 Å². The van der Waals surface area contributed by atoms with Crippen molar-refractivity contribution in [1.82, 2.24) is 10.2 Å². The summed E-state index contributed by atoms with van der Waals surface area (Å²) >= 11 is 0. The van der Waals surface area contributed by atoms with Gasteiger partial charge in [0.15, 0.2) is 0 Å². The van der Waals surface area contributed by atoms with Gasteiger partial charge in [0.2, 0.25) is 0 Å². The minimum absolute atomic E-state index is 0.578. The number of piperazine rings is 1. The van der Waals surface area contributed by atoms with Crippen LogP contribution in [0, 0.1) is 0 Å². The zero-order valence-corrected chi connectivity index (χ0v) is 14.0. The number of rotatable bonds is 7. The molecule has 0 saturated carbocycles. The van der Waals surface area contributed by atoms with E-state index in [1.54, 1.807) is 0 Å². The number of nitrogens with zero attached hydrogens (tertiary/aromatic N) is 1. The minimum Gasteiger partial charge on any atom is -0.314 e. The first-order chi connectivity index (χ1) is 11.4. The third-order valence-corrected chi connectivity index (χ3v) is 4.81.